The first-order valence-electron chi connectivity index (χ1n) is 10.2. The molecule has 0 radical (unpaired) electrons. The van der Waals surface area contributed by atoms with Crippen LogP contribution in [0.2, 0.25) is 0 Å². The lowest BCUT2D eigenvalue weighted by Crippen LogP contribution is -2.54. The Bertz CT molecular complexity index is 989. The van der Waals surface area contributed by atoms with E-state index >= 15 is 0 Å². The number of fused-ring (bicyclic) bond motifs is 1. The van der Waals surface area contributed by atoms with E-state index in [1.807, 2.05) is 24.3 Å². The maximum Gasteiger partial charge on any atom is 0.249 e. The zero-order valence-electron chi connectivity index (χ0n) is 16.8. The lowest BCUT2D eigenvalue weighted by atomic mass is 9.93. The molecule has 1 unspecified atom stereocenters. The lowest BCUT2D eigenvalue weighted by molar-refractivity contribution is -0.126. The normalized spacial score (nSPS) is 21.0. The van der Waals surface area contributed by atoms with E-state index in [2.05, 4.69) is 10.5 Å². The summed E-state index contributed by atoms with van der Waals surface area (Å²) >= 11 is 0. The first-order valence-corrected chi connectivity index (χ1v) is 11.6. The molecule has 1 aromatic carbocycles. The Labute approximate surface area is 171 Å². The average molecular weight is 418 g/mol. The van der Waals surface area contributed by atoms with Crippen molar-refractivity contribution in [1.82, 2.24) is 14.8 Å². The summed E-state index contributed by atoms with van der Waals surface area (Å²) in [6.45, 7) is 3.35. The smallest absolute Gasteiger partial charge is 0.249 e. The third kappa shape index (κ3) is 3.83. The molecule has 1 atom stereocenters. The van der Waals surface area contributed by atoms with Crippen LogP contribution in [0.3, 0.4) is 0 Å². The molecule has 1 aliphatic carbocycles. The van der Waals surface area contributed by atoms with E-state index in [-0.39, 0.29) is 29.1 Å². The van der Waals surface area contributed by atoms with Crippen molar-refractivity contribution in [2.45, 2.75) is 75.9 Å². The van der Waals surface area contributed by atoms with Gasteiger partial charge in [-0.1, -0.05) is 48.7 Å². The van der Waals surface area contributed by atoms with Gasteiger partial charge in [-0.15, -0.1) is 0 Å². The molecule has 1 aliphatic heterocycles. The van der Waals surface area contributed by atoms with Crippen LogP contribution in [0.1, 0.15) is 54.7 Å². The van der Waals surface area contributed by atoms with Crippen molar-refractivity contribution in [2.24, 2.45) is 0 Å². The Balaban J connectivity index is 1.69. The monoisotopic (exact) mass is 417 g/mol. The predicted molar refractivity (Wildman–Crippen MR) is 108 cm³/mol. The van der Waals surface area contributed by atoms with E-state index in [0.29, 0.717) is 12.1 Å². The number of sulfonamides is 1. The van der Waals surface area contributed by atoms with E-state index in [4.69, 9.17) is 4.52 Å². The molecule has 156 valence electrons. The summed E-state index contributed by atoms with van der Waals surface area (Å²) in [7, 11) is -3.94. The number of hydrogen-bond acceptors (Lipinski definition) is 5. The number of aryl methyl sites for hydroxylation is 2. The minimum atomic E-state index is -3.94. The molecule has 1 saturated carbocycles. The van der Waals surface area contributed by atoms with Crippen LogP contribution in [0.5, 0.6) is 0 Å². The fraction of sp³-hybridized carbons (Fsp3) is 0.524. The van der Waals surface area contributed by atoms with Gasteiger partial charge in [-0.2, -0.15) is 4.31 Å². The molecule has 2 aliphatic rings. The lowest BCUT2D eigenvalue weighted by Gasteiger charge is -2.36. The van der Waals surface area contributed by atoms with Crippen molar-refractivity contribution in [3.63, 3.8) is 0 Å². The third-order valence-electron chi connectivity index (χ3n) is 5.99. The van der Waals surface area contributed by atoms with Crippen LogP contribution in [0, 0.1) is 13.8 Å². The molecule has 1 fully saturated rings. The number of aromatic nitrogens is 1. The van der Waals surface area contributed by atoms with Gasteiger partial charge in [0.15, 0.2) is 5.76 Å². The summed E-state index contributed by atoms with van der Waals surface area (Å²) in [6.07, 6.45) is 5.64. The quantitative estimate of drug-likeness (QED) is 0.826. The minimum absolute atomic E-state index is 0.0624. The molecule has 29 heavy (non-hydrogen) atoms. The Morgan fingerprint density at radius 3 is 2.48 bits per heavy atom. The van der Waals surface area contributed by atoms with Gasteiger partial charge in [0.1, 0.15) is 16.6 Å². The largest absolute Gasteiger partial charge is 0.360 e. The summed E-state index contributed by atoms with van der Waals surface area (Å²) in [6, 6.07) is 7.04. The van der Waals surface area contributed by atoms with Crippen LogP contribution in [0.15, 0.2) is 33.7 Å². The second kappa shape index (κ2) is 7.91. The van der Waals surface area contributed by atoms with Gasteiger partial charge in [-0.3, -0.25) is 4.79 Å². The van der Waals surface area contributed by atoms with Crippen LogP contribution < -0.4 is 5.32 Å². The van der Waals surface area contributed by atoms with Gasteiger partial charge in [0.2, 0.25) is 15.9 Å². The van der Waals surface area contributed by atoms with E-state index in [1.54, 1.807) is 13.8 Å². The van der Waals surface area contributed by atoms with E-state index < -0.39 is 16.1 Å². The molecule has 0 spiro atoms. The molecule has 2 heterocycles. The highest BCUT2D eigenvalue weighted by Gasteiger charge is 2.42. The van der Waals surface area contributed by atoms with Crippen molar-refractivity contribution in [3.05, 3.63) is 46.8 Å². The van der Waals surface area contributed by atoms with E-state index in [1.165, 1.54) is 10.7 Å². The van der Waals surface area contributed by atoms with Gasteiger partial charge in [-0.05, 0) is 44.2 Å². The summed E-state index contributed by atoms with van der Waals surface area (Å²) in [5.41, 5.74) is 2.25. The molecule has 1 N–H and O–H groups in total. The van der Waals surface area contributed by atoms with Crippen LogP contribution in [0.4, 0.5) is 0 Å². The average Bonchev–Trinajstić information content (AvgIpc) is 3.06. The summed E-state index contributed by atoms with van der Waals surface area (Å²) in [5, 5.41) is 6.92. The van der Waals surface area contributed by atoms with Crippen molar-refractivity contribution < 1.29 is 17.7 Å². The van der Waals surface area contributed by atoms with Crippen LogP contribution in [-0.4, -0.2) is 35.9 Å². The fourth-order valence-electron chi connectivity index (χ4n) is 4.48. The van der Waals surface area contributed by atoms with Crippen LogP contribution in [0.25, 0.3) is 0 Å². The minimum Gasteiger partial charge on any atom is -0.360 e. The molecule has 8 heteroatoms. The number of amides is 1. The Morgan fingerprint density at radius 2 is 1.83 bits per heavy atom. The highest BCUT2D eigenvalue weighted by Crippen LogP contribution is 2.32. The summed E-state index contributed by atoms with van der Waals surface area (Å²) < 4.78 is 33.5. The number of carbonyl (C=O) groups is 1. The molecule has 7 nitrogen and oxygen atoms in total. The van der Waals surface area contributed by atoms with Crippen molar-refractivity contribution in [3.8, 4) is 0 Å². The number of rotatable bonds is 4. The maximum absolute atomic E-state index is 13.6. The number of benzene rings is 1. The number of hydrogen-bond donors (Lipinski definition) is 1. The van der Waals surface area contributed by atoms with Crippen molar-refractivity contribution in [1.29, 1.82) is 0 Å². The zero-order valence-corrected chi connectivity index (χ0v) is 17.7. The van der Waals surface area contributed by atoms with Crippen molar-refractivity contribution >= 4 is 15.9 Å². The molecule has 1 aromatic heterocycles. The number of carbonyl (C=O) groups excluding carboxylic acids is 1. The highest BCUT2D eigenvalue weighted by atomic mass is 32.2. The second-order valence-corrected chi connectivity index (χ2v) is 9.86. The highest BCUT2D eigenvalue weighted by molar-refractivity contribution is 7.89. The third-order valence-corrected chi connectivity index (χ3v) is 8.09. The Kier molecular flexibility index (Phi) is 5.48. The number of nitrogens with one attached hydrogen (secondary N) is 1. The Hall–Kier alpha value is -2.19. The first-order chi connectivity index (χ1) is 13.9. The molecule has 0 saturated heterocycles. The van der Waals surface area contributed by atoms with Crippen molar-refractivity contribution in [2.75, 3.05) is 0 Å². The first kappa shape index (κ1) is 20.1. The van der Waals surface area contributed by atoms with Gasteiger partial charge in [0, 0.05) is 12.6 Å². The second-order valence-electron chi connectivity index (χ2n) is 8.04. The SMILES string of the molecule is Cc1noc(C)c1S(=O)(=O)N1Cc2ccccc2CC1C(=O)NC1CCCCC1. The molecular formula is C21H27N3O4S. The predicted octanol–water partition coefficient (Wildman–Crippen LogP) is 2.86. The van der Waals surface area contributed by atoms with Crippen LogP contribution in [-0.2, 0) is 27.8 Å². The van der Waals surface area contributed by atoms with Gasteiger partial charge in [-0.25, -0.2) is 8.42 Å². The molecule has 0 bridgehead atoms. The molecule has 2 aromatic rings. The van der Waals surface area contributed by atoms with Gasteiger partial charge in [0.05, 0.1) is 0 Å². The number of nitrogens with zero attached hydrogens (tertiary/aromatic N) is 2. The van der Waals surface area contributed by atoms with Gasteiger partial charge < -0.3 is 9.84 Å². The fourth-order valence-corrected chi connectivity index (χ4v) is 6.34. The zero-order chi connectivity index (χ0) is 20.6. The van der Waals surface area contributed by atoms with E-state index in [0.717, 1.165) is 36.8 Å². The maximum atomic E-state index is 13.6. The van der Waals surface area contributed by atoms with Gasteiger partial charge in [0.25, 0.3) is 0 Å². The molecular weight excluding hydrogens is 390 g/mol. The van der Waals surface area contributed by atoms with Crippen LogP contribution >= 0.6 is 0 Å². The topological polar surface area (TPSA) is 92.5 Å². The summed E-state index contributed by atoms with van der Waals surface area (Å²) in [4.78, 5) is 13.3. The standard InChI is InChI=1S/C21H27N3O4S/c1-14-20(15(2)28-23-14)29(26,27)24-13-17-9-7-6-8-16(17)12-19(24)21(25)22-18-10-4-3-5-11-18/h6-9,18-19H,3-5,10-13H2,1-2H3,(H,22,25). The summed E-state index contributed by atoms with van der Waals surface area (Å²) in [5.74, 6) is 0.0227. The van der Waals surface area contributed by atoms with Gasteiger partial charge >= 0.3 is 0 Å². The molecule has 4 rings (SSSR count). The molecule has 1 amide bonds. The Morgan fingerprint density at radius 1 is 1.14 bits per heavy atom. The van der Waals surface area contributed by atoms with E-state index in [9.17, 15) is 13.2 Å².